The maximum absolute atomic E-state index is 5.22. The van der Waals surface area contributed by atoms with E-state index in [0.717, 1.165) is 5.75 Å². The highest BCUT2D eigenvalue weighted by atomic mass is 32.8. The second-order valence-electron chi connectivity index (χ2n) is 4.85. The van der Waals surface area contributed by atoms with Gasteiger partial charge in [-0.3, -0.25) is 0 Å². The molecule has 0 aromatic heterocycles. The Balaban J connectivity index is 4.34. The van der Waals surface area contributed by atoms with Crippen LogP contribution in [0, 0.1) is 10.8 Å². The molecule has 0 radical (unpaired) electrons. The first-order valence-corrected chi connectivity index (χ1v) is 6.69. The molecule has 0 spiro atoms. The van der Waals surface area contributed by atoms with Crippen LogP contribution in [0.1, 0.15) is 34.6 Å². The second kappa shape index (κ2) is 3.53. The van der Waals surface area contributed by atoms with Gasteiger partial charge in [-0.15, -0.1) is 9.45 Å². The van der Waals surface area contributed by atoms with Crippen molar-refractivity contribution in [2.24, 2.45) is 10.8 Å². The third-order valence-corrected chi connectivity index (χ3v) is 4.08. The Morgan fingerprint density at radius 3 is 1.55 bits per heavy atom. The van der Waals surface area contributed by atoms with Crippen molar-refractivity contribution < 1.29 is 0 Å². The average Bonchev–Trinajstić information content (AvgIpc) is 1.56. The summed E-state index contributed by atoms with van der Waals surface area (Å²) in [6, 6.07) is 0. The molecule has 1 unspecified atom stereocenters. The fourth-order valence-corrected chi connectivity index (χ4v) is 3.06. The van der Waals surface area contributed by atoms with E-state index in [1.54, 1.807) is 0 Å². The highest BCUT2D eigenvalue weighted by Crippen LogP contribution is 2.38. The minimum Gasteiger partial charge on any atom is -0.124 e. The van der Waals surface area contributed by atoms with Crippen molar-refractivity contribution in [1.29, 1.82) is 0 Å². The maximum Gasteiger partial charge on any atom is 0.00329 e. The van der Waals surface area contributed by atoms with Gasteiger partial charge in [0.2, 0.25) is 0 Å². The summed E-state index contributed by atoms with van der Waals surface area (Å²) < 4.78 is 0. The molecule has 0 saturated heterocycles. The quantitative estimate of drug-likeness (QED) is 0.648. The van der Waals surface area contributed by atoms with E-state index in [2.05, 4.69) is 40.9 Å². The third-order valence-electron chi connectivity index (χ3n) is 2.59. The monoisotopic (exact) mass is 192 g/mol. The van der Waals surface area contributed by atoms with Gasteiger partial charge < -0.3 is 0 Å². The predicted octanol–water partition coefficient (Wildman–Crippen LogP) is 2.77. The van der Waals surface area contributed by atoms with Crippen molar-refractivity contribution in [1.82, 2.24) is 0 Å². The first-order valence-electron chi connectivity index (χ1n) is 3.97. The Morgan fingerprint density at radius 2 is 1.45 bits per heavy atom. The molecular weight excluding hydrogens is 172 g/mol. The lowest BCUT2D eigenvalue weighted by atomic mass is 9.71. The van der Waals surface area contributed by atoms with Crippen molar-refractivity contribution in [2.45, 2.75) is 34.6 Å². The molecule has 1 atom stereocenters. The molecule has 0 bridgehead atoms. The van der Waals surface area contributed by atoms with Gasteiger partial charge in [0.1, 0.15) is 0 Å². The van der Waals surface area contributed by atoms with Crippen LogP contribution in [0.2, 0.25) is 0 Å². The van der Waals surface area contributed by atoms with Gasteiger partial charge in [-0.1, -0.05) is 45.8 Å². The summed E-state index contributed by atoms with van der Waals surface area (Å²) in [4.78, 5) is 0. The summed E-state index contributed by atoms with van der Waals surface area (Å²) in [5, 5.41) is 0. The third kappa shape index (κ3) is 3.66. The van der Waals surface area contributed by atoms with Crippen LogP contribution in [0.5, 0.6) is 0 Å². The summed E-state index contributed by atoms with van der Waals surface area (Å²) in [7, 11) is 0.152. The van der Waals surface area contributed by atoms with E-state index in [-0.39, 0.29) is 9.45 Å². The van der Waals surface area contributed by atoms with Crippen molar-refractivity contribution in [3.05, 3.63) is 0 Å². The summed E-state index contributed by atoms with van der Waals surface area (Å²) in [5.41, 5.74) is 0.736. The van der Waals surface area contributed by atoms with Crippen LogP contribution in [-0.2, 0) is 20.6 Å². The van der Waals surface area contributed by atoms with Gasteiger partial charge >= 0.3 is 0 Å². The van der Waals surface area contributed by atoms with Crippen LogP contribution >= 0.6 is 0 Å². The van der Waals surface area contributed by atoms with Crippen LogP contribution in [0.3, 0.4) is 0 Å². The van der Waals surface area contributed by atoms with Crippen LogP contribution in [0.25, 0.3) is 0 Å². The molecular formula is C9H20S2. The lowest BCUT2D eigenvalue weighted by molar-refractivity contribution is 0.162. The molecule has 0 amide bonds. The normalized spacial score (nSPS) is 16.5. The molecule has 0 fully saturated rings. The highest BCUT2D eigenvalue weighted by Gasteiger charge is 2.32. The van der Waals surface area contributed by atoms with Crippen LogP contribution in [-0.4, -0.2) is 12.0 Å². The standard InChI is InChI=1S/C9H20S2/c1-8(2,3)9(4,5)7-11(6)10/h7H2,1-6H3. The van der Waals surface area contributed by atoms with Crippen LogP contribution in [0.4, 0.5) is 0 Å². The summed E-state index contributed by atoms with van der Waals surface area (Å²) in [5.74, 6) is 1.16. The molecule has 0 heterocycles. The maximum atomic E-state index is 5.22. The molecule has 0 aromatic carbocycles. The fourth-order valence-electron chi connectivity index (χ4n) is 0.725. The Labute approximate surface area is 78.4 Å². The molecule has 11 heavy (non-hydrogen) atoms. The van der Waals surface area contributed by atoms with Crippen molar-refractivity contribution in [2.75, 3.05) is 12.0 Å². The zero-order valence-electron chi connectivity index (χ0n) is 8.52. The van der Waals surface area contributed by atoms with Gasteiger partial charge in [-0.25, -0.2) is 0 Å². The molecule has 0 aliphatic rings. The largest absolute Gasteiger partial charge is 0.124 e. The van der Waals surface area contributed by atoms with Gasteiger partial charge in [0.15, 0.2) is 0 Å². The number of hydrogen-bond acceptors (Lipinski definition) is 1. The number of rotatable bonds is 2. The summed E-state index contributed by atoms with van der Waals surface area (Å²) in [6.45, 7) is 11.5. The number of hydrogen-bond donors (Lipinski definition) is 0. The SMILES string of the molecule is CS(=S)CC(C)(C)C(C)(C)C. The summed E-state index contributed by atoms with van der Waals surface area (Å²) >= 11 is 5.22. The molecule has 68 valence electrons. The zero-order chi connectivity index (χ0) is 9.28. The van der Waals surface area contributed by atoms with E-state index in [9.17, 15) is 0 Å². The van der Waals surface area contributed by atoms with Gasteiger partial charge in [-0.05, 0) is 17.1 Å². The predicted molar refractivity (Wildman–Crippen MR) is 58.8 cm³/mol. The molecule has 0 saturated carbocycles. The van der Waals surface area contributed by atoms with Gasteiger partial charge in [0.05, 0.1) is 0 Å². The zero-order valence-corrected chi connectivity index (χ0v) is 10.2. The fraction of sp³-hybridized carbons (Fsp3) is 1.00. The van der Waals surface area contributed by atoms with Crippen LogP contribution < -0.4 is 0 Å². The first kappa shape index (κ1) is 11.6. The Hall–Kier alpha value is 0.570. The minimum atomic E-state index is 0.152. The van der Waals surface area contributed by atoms with E-state index in [1.807, 2.05) is 0 Å². The second-order valence-corrected chi connectivity index (χ2v) is 7.99. The Kier molecular flexibility index (Phi) is 3.71. The molecule has 0 aliphatic carbocycles. The van der Waals surface area contributed by atoms with E-state index in [1.165, 1.54) is 0 Å². The molecule has 0 rings (SSSR count). The topological polar surface area (TPSA) is 0 Å². The molecule has 2 heteroatoms. The molecule has 0 nitrogen and oxygen atoms in total. The lowest BCUT2D eigenvalue weighted by Gasteiger charge is -2.38. The van der Waals surface area contributed by atoms with E-state index < -0.39 is 0 Å². The van der Waals surface area contributed by atoms with Crippen molar-refractivity contribution in [3.63, 3.8) is 0 Å². The first-order chi connectivity index (χ1) is 4.67. The average molecular weight is 192 g/mol. The molecule has 0 aromatic rings. The van der Waals surface area contributed by atoms with Crippen LogP contribution in [0.15, 0.2) is 0 Å². The molecule has 0 N–H and O–H groups in total. The van der Waals surface area contributed by atoms with E-state index >= 15 is 0 Å². The van der Waals surface area contributed by atoms with E-state index in [0.29, 0.717) is 10.8 Å². The highest BCUT2D eigenvalue weighted by molar-refractivity contribution is 8.28. The van der Waals surface area contributed by atoms with Gasteiger partial charge in [0, 0.05) is 5.75 Å². The minimum absolute atomic E-state index is 0.152. The van der Waals surface area contributed by atoms with Gasteiger partial charge in [-0.2, -0.15) is 0 Å². The Bertz CT molecular complexity index is 151. The van der Waals surface area contributed by atoms with Crippen molar-refractivity contribution in [3.8, 4) is 0 Å². The van der Waals surface area contributed by atoms with E-state index in [4.69, 9.17) is 11.2 Å². The smallest absolute Gasteiger partial charge is 0.00329 e. The van der Waals surface area contributed by atoms with Crippen molar-refractivity contribution >= 4 is 20.6 Å². The lowest BCUT2D eigenvalue weighted by Crippen LogP contribution is -2.34. The van der Waals surface area contributed by atoms with Gasteiger partial charge in [0.25, 0.3) is 0 Å². The summed E-state index contributed by atoms with van der Waals surface area (Å²) in [6.07, 6.45) is 2.14. The Morgan fingerprint density at radius 1 is 1.09 bits per heavy atom. The molecule has 0 aliphatic heterocycles.